The number of carbonyl (C=O) groups is 1. The van der Waals surface area contributed by atoms with Crippen LogP contribution in [0.3, 0.4) is 0 Å². The van der Waals surface area contributed by atoms with Gasteiger partial charge in [-0.1, -0.05) is 48.5 Å². The summed E-state index contributed by atoms with van der Waals surface area (Å²) in [6.07, 6.45) is 8.98. The Bertz CT molecular complexity index is 1610. The van der Waals surface area contributed by atoms with E-state index in [4.69, 9.17) is 9.47 Å². The summed E-state index contributed by atoms with van der Waals surface area (Å²) in [7, 11) is 0. The van der Waals surface area contributed by atoms with Crippen molar-refractivity contribution in [3.63, 3.8) is 0 Å². The number of nitrogens with zero attached hydrogens (tertiary/aromatic N) is 2. The van der Waals surface area contributed by atoms with Gasteiger partial charge in [-0.2, -0.15) is 0 Å². The molecule has 3 N–H and O–H groups in total. The molecule has 5 fully saturated rings. The molecule has 3 aromatic carbocycles. The summed E-state index contributed by atoms with van der Waals surface area (Å²) >= 11 is 0. The number of carbonyl (C=O) groups excluding carboxylic acids is 1. The first-order valence-electron chi connectivity index (χ1n) is 16.1. The number of nitrogens with one attached hydrogen (secondary N) is 2. The fourth-order valence-electron chi connectivity index (χ4n) is 8.84. The topological polar surface area (TPSA) is 97.6 Å². The zero-order valence-electron chi connectivity index (χ0n) is 24.9. The van der Waals surface area contributed by atoms with Crippen LogP contribution in [-0.2, 0) is 22.6 Å². The van der Waals surface area contributed by atoms with Crippen LogP contribution in [0.1, 0.15) is 74.0 Å². The van der Waals surface area contributed by atoms with Gasteiger partial charge in [0.15, 0.2) is 6.29 Å². The molecule has 44 heavy (non-hydrogen) atoms. The molecule has 0 spiro atoms. The normalized spacial score (nSPS) is 30.8. The van der Waals surface area contributed by atoms with Crippen LogP contribution in [0.5, 0.6) is 0 Å². The molecule has 1 aliphatic heterocycles. The molecule has 1 aromatic heterocycles. The maximum atomic E-state index is 13.3. The maximum Gasteiger partial charge on any atom is 0.319 e. The number of ether oxygens (including phenoxy) is 2. The second-order valence-corrected chi connectivity index (χ2v) is 13.6. The minimum absolute atomic E-state index is 0.00407. The molecule has 1 saturated heterocycles. The van der Waals surface area contributed by atoms with Crippen LogP contribution in [0.4, 0.5) is 10.5 Å². The van der Waals surface area contributed by atoms with Crippen molar-refractivity contribution in [3.8, 4) is 0 Å². The van der Waals surface area contributed by atoms with Gasteiger partial charge in [-0.15, -0.1) is 0 Å². The second-order valence-electron chi connectivity index (χ2n) is 13.6. The summed E-state index contributed by atoms with van der Waals surface area (Å²) in [5.41, 5.74) is 5.47. The van der Waals surface area contributed by atoms with Gasteiger partial charge >= 0.3 is 6.03 Å². The third-order valence-corrected chi connectivity index (χ3v) is 10.4. The zero-order valence-corrected chi connectivity index (χ0v) is 24.9. The van der Waals surface area contributed by atoms with Gasteiger partial charge in [0.25, 0.3) is 0 Å². The largest absolute Gasteiger partial charge is 0.392 e. The predicted octanol–water partition coefficient (Wildman–Crippen LogP) is 6.86. The minimum atomic E-state index is -0.612. The lowest BCUT2D eigenvalue weighted by Crippen LogP contribution is -2.60. The molecule has 0 unspecified atom stereocenters. The van der Waals surface area contributed by atoms with Crippen LogP contribution in [0, 0.1) is 17.8 Å². The number of aliphatic hydroxyl groups is 1. The summed E-state index contributed by atoms with van der Waals surface area (Å²) in [6.45, 7) is 0.640. The Kier molecular flexibility index (Phi) is 7.16. The van der Waals surface area contributed by atoms with Gasteiger partial charge in [0.05, 0.1) is 42.7 Å². The molecule has 4 saturated carbocycles. The molecule has 2 amide bonds. The summed E-state index contributed by atoms with van der Waals surface area (Å²) < 4.78 is 15.3. The zero-order chi connectivity index (χ0) is 29.7. The van der Waals surface area contributed by atoms with Crippen molar-refractivity contribution in [2.24, 2.45) is 17.8 Å². The van der Waals surface area contributed by atoms with Crippen LogP contribution >= 0.6 is 0 Å². The van der Waals surface area contributed by atoms with Crippen molar-refractivity contribution in [1.29, 1.82) is 0 Å². The van der Waals surface area contributed by atoms with Crippen molar-refractivity contribution in [1.82, 2.24) is 14.9 Å². The molecular weight excluding hydrogens is 552 g/mol. The molecule has 9 rings (SSSR count). The van der Waals surface area contributed by atoms with E-state index in [9.17, 15) is 9.90 Å². The molecule has 8 heteroatoms. The lowest BCUT2D eigenvalue weighted by Gasteiger charge is -2.56. The fraction of sp³-hybridized carbons (Fsp3) is 0.444. The lowest BCUT2D eigenvalue weighted by molar-refractivity contribution is -0.252. The number of hydrogen-bond donors (Lipinski definition) is 3. The van der Waals surface area contributed by atoms with Crippen LogP contribution < -0.4 is 10.6 Å². The molecule has 0 radical (unpaired) electrons. The molecule has 4 bridgehead atoms. The number of amides is 2. The number of aliphatic hydroxyl groups excluding tert-OH is 1. The molecule has 5 aliphatic rings. The molecule has 3 atom stereocenters. The van der Waals surface area contributed by atoms with Gasteiger partial charge in [-0.25, -0.2) is 9.78 Å². The van der Waals surface area contributed by atoms with Gasteiger partial charge < -0.3 is 29.8 Å². The summed E-state index contributed by atoms with van der Waals surface area (Å²) in [4.78, 5) is 17.9. The summed E-state index contributed by atoms with van der Waals surface area (Å²) in [5, 5.41) is 16.1. The maximum absolute atomic E-state index is 13.3. The monoisotopic (exact) mass is 592 g/mol. The summed E-state index contributed by atoms with van der Waals surface area (Å²) in [5.74, 6) is 2.31. The highest BCUT2D eigenvalue weighted by molar-refractivity contribution is 5.90. The van der Waals surface area contributed by atoms with Gasteiger partial charge in [0, 0.05) is 23.2 Å². The molecular formula is C36H40N4O4. The van der Waals surface area contributed by atoms with E-state index in [1.165, 1.54) is 19.3 Å². The first-order chi connectivity index (χ1) is 21.5. The Morgan fingerprint density at radius 3 is 2.39 bits per heavy atom. The van der Waals surface area contributed by atoms with E-state index in [0.717, 1.165) is 70.4 Å². The number of benzene rings is 3. The Morgan fingerprint density at radius 2 is 1.64 bits per heavy atom. The van der Waals surface area contributed by atoms with Gasteiger partial charge in [0.1, 0.15) is 0 Å². The number of imidazole rings is 1. The van der Waals surface area contributed by atoms with E-state index in [1.54, 1.807) is 0 Å². The van der Waals surface area contributed by atoms with Crippen molar-refractivity contribution in [3.05, 3.63) is 95.8 Å². The van der Waals surface area contributed by atoms with Crippen LogP contribution in [0.25, 0.3) is 11.0 Å². The standard InChI is InChI=1S/C36H40N4O4/c41-21-23-8-10-27(11-9-23)33-16-30(20-40-22-37-31-6-1-2-7-32(31)40)43-34(44-33)28-4-3-5-29(15-28)38-35(42)39-36-17-24-12-25(18-36)14-26(13-24)19-36/h1-11,15,22,24-26,30,33-34,41H,12-14,16-21H2,(H2,38,39,42)/t24?,25?,26?,30-,33+,34+,36?/m0/s1. The highest BCUT2D eigenvalue weighted by Gasteiger charge is 2.51. The number of para-hydroxylation sites is 2. The summed E-state index contributed by atoms with van der Waals surface area (Å²) in [6, 6.07) is 23.7. The third kappa shape index (κ3) is 5.51. The second kappa shape index (κ2) is 11.3. The quantitative estimate of drug-likeness (QED) is 0.218. The number of urea groups is 1. The number of hydrogen-bond acceptors (Lipinski definition) is 5. The minimum Gasteiger partial charge on any atom is -0.392 e. The first kappa shape index (κ1) is 27.8. The Labute approximate surface area is 257 Å². The Morgan fingerprint density at radius 1 is 0.886 bits per heavy atom. The molecule has 8 nitrogen and oxygen atoms in total. The van der Waals surface area contributed by atoms with E-state index in [2.05, 4.69) is 26.3 Å². The fourth-order valence-corrected chi connectivity index (χ4v) is 8.84. The van der Waals surface area contributed by atoms with Crippen molar-refractivity contribution < 1.29 is 19.4 Å². The smallest absolute Gasteiger partial charge is 0.319 e. The van der Waals surface area contributed by atoms with Crippen molar-refractivity contribution in [2.45, 2.75) is 82.1 Å². The molecule has 228 valence electrons. The SMILES string of the molecule is O=C(Nc1cccc([C@@H]2O[C@H](Cn3cnc4ccccc43)C[C@H](c3ccc(CO)cc3)O2)c1)NC12CC3CC(CC(C3)C1)C2. The van der Waals surface area contributed by atoms with Crippen molar-refractivity contribution in [2.75, 3.05) is 5.32 Å². The van der Waals surface area contributed by atoms with E-state index in [1.807, 2.05) is 73.1 Å². The third-order valence-electron chi connectivity index (χ3n) is 10.4. The molecule has 2 heterocycles. The number of rotatable bonds is 7. The predicted molar refractivity (Wildman–Crippen MR) is 168 cm³/mol. The highest BCUT2D eigenvalue weighted by Crippen LogP contribution is 2.55. The van der Waals surface area contributed by atoms with Crippen LogP contribution in [-0.4, -0.2) is 32.3 Å². The van der Waals surface area contributed by atoms with E-state index in [-0.39, 0.29) is 30.4 Å². The van der Waals surface area contributed by atoms with Crippen LogP contribution in [0.15, 0.2) is 79.1 Å². The number of anilines is 1. The van der Waals surface area contributed by atoms with Gasteiger partial charge in [-0.05, 0) is 91.7 Å². The van der Waals surface area contributed by atoms with Gasteiger partial charge in [-0.3, -0.25) is 0 Å². The van der Waals surface area contributed by atoms with Crippen molar-refractivity contribution >= 4 is 22.8 Å². The van der Waals surface area contributed by atoms with E-state index < -0.39 is 6.29 Å². The van der Waals surface area contributed by atoms with E-state index >= 15 is 0 Å². The number of aromatic nitrogens is 2. The highest BCUT2D eigenvalue weighted by atomic mass is 16.7. The lowest BCUT2D eigenvalue weighted by atomic mass is 9.53. The Balaban J connectivity index is 1.01. The van der Waals surface area contributed by atoms with Gasteiger partial charge in [0.2, 0.25) is 0 Å². The average Bonchev–Trinajstić information content (AvgIpc) is 3.42. The first-order valence-corrected chi connectivity index (χ1v) is 16.1. The number of fused-ring (bicyclic) bond motifs is 1. The average molecular weight is 593 g/mol. The molecule has 4 aliphatic carbocycles. The Hall–Kier alpha value is -3.72. The van der Waals surface area contributed by atoms with E-state index in [0.29, 0.717) is 13.0 Å². The molecule has 4 aromatic rings. The van der Waals surface area contributed by atoms with Crippen LogP contribution in [0.2, 0.25) is 0 Å².